The van der Waals surface area contributed by atoms with Crippen LogP contribution in [0.2, 0.25) is 0 Å². The second-order valence-electron chi connectivity index (χ2n) is 2.48. The van der Waals surface area contributed by atoms with Crippen molar-refractivity contribution in [3.63, 3.8) is 0 Å². The molecule has 0 saturated carbocycles. The van der Waals surface area contributed by atoms with Gasteiger partial charge in [0.05, 0.1) is 4.75 Å². The number of thioether (sulfide) groups is 1. The van der Waals surface area contributed by atoms with E-state index in [1.807, 2.05) is 18.4 Å². The molecule has 0 bridgehead atoms. The number of hydrogen-bond acceptors (Lipinski definition) is 2. The maximum Gasteiger partial charge on any atom is 0.146 e. The van der Waals surface area contributed by atoms with Crippen LogP contribution < -0.4 is 0 Å². The Labute approximate surface area is 59.5 Å². The van der Waals surface area contributed by atoms with Crippen molar-refractivity contribution in [3.8, 4) is 0 Å². The van der Waals surface area contributed by atoms with Crippen LogP contribution in [0.3, 0.4) is 0 Å². The van der Waals surface area contributed by atoms with Crippen molar-refractivity contribution in [2.24, 2.45) is 0 Å². The highest BCUT2D eigenvalue weighted by Crippen LogP contribution is 2.36. The van der Waals surface area contributed by atoms with E-state index >= 15 is 0 Å². The molecular formula is C7H10OS. The third-order valence-corrected chi connectivity index (χ3v) is 2.98. The van der Waals surface area contributed by atoms with Crippen molar-refractivity contribution in [1.29, 1.82) is 0 Å². The summed E-state index contributed by atoms with van der Waals surface area (Å²) in [7, 11) is 0. The van der Waals surface area contributed by atoms with E-state index in [-0.39, 0.29) is 10.5 Å². The Kier molecular flexibility index (Phi) is 1.66. The van der Waals surface area contributed by atoms with Crippen LogP contribution in [0.25, 0.3) is 0 Å². The third-order valence-electron chi connectivity index (χ3n) is 1.68. The molecule has 0 aromatic heterocycles. The first-order valence-corrected chi connectivity index (χ1v) is 3.87. The highest BCUT2D eigenvalue weighted by atomic mass is 32.2. The van der Waals surface area contributed by atoms with E-state index in [0.29, 0.717) is 0 Å². The molecular weight excluding hydrogens is 132 g/mol. The Bertz CT molecular complexity index is 152. The molecule has 0 radical (unpaired) electrons. The number of carbonyl (C=O) groups excluding carboxylic acids is 1. The zero-order valence-corrected chi connectivity index (χ0v) is 6.49. The van der Waals surface area contributed by atoms with E-state index in [2.05, 4.69) is 0 Å². The van der Waals surface area contributed by atoms with Gasteiger partial charge in [-0.2, -0.15) is 0 Å². The molecule has 1 aliphatic heterocycles. The number of rotatable bonds is 1. The van der Waals surface area contributed by atoms with E-state index < -0.39 is 0 Å². The second kappa shape index (κ2) is 2.18. The summed E-state index contributed by atoms with van der Waals surface area (Å²) in [6, 6.07) is 0. The summed E-state index contributed by atoms with van der Waals surface area (Å²) in [5.41, 5.74) is 0. The molecule has 50 valence electrons. The van der Waals surface area contributed by atoms with Gasteiger partial charge in [0.15, 0.2) is 0 Å². The van der Waals surface area contributed by atoms with Crippen LogP contribution in [0.5, 0.6) is 0 Å². The molecule has 0 fully saturated rings. The van der Waals surface area contributed by atoms with Gasteiger partial charge in [-0.3, -0.25) is 4.79 Å². The van der Waals surface area contributed by atoms with Gasteiger partial charge in [0, 0.05) is 0 Å². The van der Waals surface area contributed by atoms with E-state index in [1.165, 1.54) is 0 Å². The number of ketones is 1. The Balaban J connectivity index is 2.66. The van der Waals surface area contributed by atoms with Crippen molar-refractivity contribution in [2.45, 2.75) is 25.0 Å². The fraction of sp³-hybridized carbons (Fsp3) is 0.571. The van der Waals surface area contributed by atoms with Crippen molar-refractivity contribution in [1.82, 2.24) is 0 Å². The normalized spacial score (nSPS) is 33.1. The minimum Gasteiger partial charge on any atom is -0.298 e. The van der Waals surface area contributed by atoms with Crippen molar-refractivity contribution >= 4 is 17.5 Å². The molecule has 1 heterocycles. The lowest BCUT2D eigenvalue weighted by molar-refractivity contribution is -0.118. The van der Waals surface area contributed by atoms with Gasteiger partial charge in [-0.1, -0.05) is 6.08 Å². The zero-order chi connectivity index (χ0) is 6.91. The van der Waals surface area contributed by atoms with E-state index in [0.717, 1.165) is 6.42 Å². The van der Waals surface area contributed by atoms with Gasteiger partial charge >= 0.3 is 0 Å². The van der Waals surface area contributed by atoms with Crippen LogP contribution in [0.4, 0.5) is 0 Å². The molecule has 0 amide bonds. The number of allylic oxidation sites excluding steroid dienone is 1. The van der Waals surface area contributed by atoms with Crippen LogP contribution >= 0.6 is 11.8 Å². The SMILES string of the molecule is CC(=O)[C@]1(C)CC=CS1. The average molecular weight is 142 g/mol. The highest BCUT2D eigenvalue weighted by molar-refractivity contribution is 8.04. The summed E-state index contributed by atoms with van der Waals surface area (Å²) in [6.45, 7) is 3.64. The first kappa shape index (κ1) is 6.87. The molecule has 0 aromatic carbocycles. The van der Waals surface area contributed by atoms with Gasteiger partial charge in [-0.25, -0.2) is 0 Å². The summed E-state index contributed by atoms with van der Waals surface area (Å²) in [5.74, 6) is 0.275. The van der Waals surface area contributed by atoms with Gasteiger partial charge in [-0.15, -0.1) is 11.8 Å². The quantitative estimate of drug-likeness (QED) is 0.557. The maximum absolute atomic E-state index is 10.9. The number of hydrogen-bond donors (Lipinski definition) is 0. The molecule has 0 saturated heterocycles. The highest BCUT2D eigenvalue weighted by Gasteiger charge is 2.30. The topological polar surface area (TPSA) is 17.1 Å². The molecule has 1 rings (SSSR count). The average Bonchev–Trinajstić information content (AvgIpc) is 2.16. The summed E-state index contributed by atoms with van der Waals surface area (Å²) >= 11 is 1.62. The van der Waals surface area contributed by atoms with Gasteiger partial charge in [0.2, 0.25) is 0 Å². The molecule has 1 aliphatic rings. The summed E-state index contributed by atoms with van der Waals surface area (Å²) < 4.78 is -0.139. The van der Waals surface area contributed by atoms with Gasteiger partial charge in [0.25, 0.3) is 0 Å². The van der Waals surface area contributed by atoms with Crippen LogP contribution in [-0.4, -0.2) is 10.5 Å². The summed E-state index contributed by atoms with van der Waals surface area (Å²) in [5, 5.41) is 2.00. The fourth-order valence-electron chi connectivity index (χ4n) is 0.746. The molecule has 0 aliphatic carbocycles. The van der Waals surface area contributed by atoms with Crippen molar-refractivity contribution in [2.75, 3.05) is 0 Å². The lowest BCUT2D eigenvalue weighted by atomic mass is 10.0. The third kappa shape index (κ3) is 1.18. The van der Waals surface area contributed by atoms with Crippen LogP contribution in [-0.2, 0) is 4.79 Å². The molecule has 0 unspecified atom stereocenters. The van der Waals surface area contributed by atoms with Crippen LogP contribution in [0, 0.1) is 0 Å². The fourth-order valence-corrected chi connectivity index (χ4v) is 1.60. The van der Waals surface area contributed by atoms with Crippen LogP contribution in [0.15, 0.2) is 11.5 Å². The molecule has 9 heavy (non-hydrogen) atoms. The Morgan fingerprint density at radius 3 is 2.67 bits per heavy atom. The maximum atomic E-state index is 10.9. The predicted octanol–water partition coefficient (Wildman–Crippen LogP) is 1.98. The van der Waals surface area contributed by atoms with E-state index in [1.54, 1.807) is 18.7 Å². The van der Waals surface area contributed by atoms with Gasteiger partial charge < -0.3 is 0 Å². The lowest BCUT2D eigenvalue weighted by Gasteiger charge is -2.17. The molecule has 0 aromatic rings. The minimum atomic E-state index is -0.139. The smallest absolute Gasteiger partial charge is 0.146 e. The number of carbonyl (C=O) groups is 1. The molecule has 0 spiro atoms. The summed E-state index contributed by atoms with van der Waals surface area (Å²) in [4.78, 5) is 10.9. The van der Waals surface area contributed by atoms with Crippen LogP contribution in [0.1, 0.15) is 20.3 Å². The Hall–Kier alpha value is -0.240. The first-order chi connectivity index (χ1) is 4.15. The standard InChI is InChI=1S/C7H10OS/c1-6(8)7(2)4-3-5-9-7/h3,5H,4H2,1-2H3/t7-/m0/s1. The first-order valence-electron chi connectivity index (χ1n) is 2.99. The summed E-state index contributed by atoms with van der Waals surface area (Å²) in [6.07, 6.45) is 2.94. The van der Waals surface area contributed by atoms with Crippen molar-refractivity contribution in [3.05, 3.63) is 11.5 Å². The molecule has 0 N–H and O–H groups in total. The van der Waals surface area contributed by atoms with Crippen molar-refractivity contribution < 1.29 is 4.79 Å². The Morgan fingerprint density at radius 2 is 2.44 bits per heavy atom. The molecule has 1 atom stereocenters. The number of Topliss-reactive ketones (excluding diaryl/α,β-unsaturated/α-hetero) is 1. The lowest BCUT2D eigenvalue weighted by Crippen LogP contribution is -2.25. The second-order valence-corrected chi connectivity index (χ2v) is 3.89. The minimum absolute atomic E-state index is 0.139. The van der Waals surface area contributed by atoms with E-state index in [9.17, 15) is 4.79 Å². The van der Waals surface area contributed by atoms with E-state index in [4.69, 9.17) is 0 Å². The molecule has 1 nitrogen and oxygen atoms in total. The largest absolute Gasteiger partial charge is 0.298 e. The predicted molar refractivity (Wildman–Crippen MR) is 40.4 cm³/mol. The molecule has 2 heteroatoms. The van der Waals surface area contributed by atoms with Gasteiger partial charge in [-0.05, 0) is 25.7 Å². The Morgan fingerprint density at radius 1 is 1.78 bits per heavy atom. The van der Waals surface area contributed by atoms with Gasteiger partial charge in [0.1, 0.15) is 5.78 Å². The zero-order valence-electron chi connectivity index (χ0n) is 5.68. The monoisotopic (exact) mass is 142 g/mol.